The van der Waals surface area contributed by atoms with Crippen LogP contribution in [-0.2, 0) is 71.2 Å². The number of benzene rings is 2. The Kier molecular flexibility index (Phi) is 29.0. The molecule has 1 aliphatic carbocycles. The van der Waals surface area contributed by atoms with Crippen LogP contribution in [0.2, 0.25) is 0 Å². The van der Waals surface area contributed by atoms with E-state index in [1.165, 1.54) is 22.3 Å². The molecule has 0 atom stereocenters. The fourth-order valence-corrected chi connectivity index (χ4v) is 5.70. The number of amides is 1. The van der Waals surface area contributed by atoms with Gasteiger partial charge in [0.25, 0.3) is 0 Å². The van der Waals surface area contributed by atoms with Crippen molar-refractivity contribution in [1.29, 1.82) is 0 Å². The molecule has 0 bridgehead atoms. The van der Waals surface area contributed by atoms with E-state index in [1.807, 2.05) is 24.3 Å². The molecule has 1 aliphatic rings. The number of hydrogen-bond donors (Lipinski definition) is 2. The van der Waals surface area contributed by atoms with Gasteiger partial charge < -0.3 is 67.3 Å². The number of nitrogens with one attached hydrogen (secondary N) is 1. The number of esters is 1. The van der Waals surface area contributed by atoms with Gasteiger partial charge >= 0.3 is 18.0 Å². The Labute approximate surface area is 357 Å². The first kappa shape index (κ1) is 51.3. The molecule has 0 spiro atoms. The van der Waals surface area contributed by atoms with Gasteiger partial charge in [-0.25, -0.2) is 9.59 Å². The molecule has 2 N–H and O–H groups in total. The lowest BCUT2D eigenvalue weighted by molar-refractivity contribution is -0.151. The number of carbonyl (C=O) groups is 4. The number of alkyl carbamates (subject to hydrolysis) is 1. The SMILES string of the molecule is O=C(CCC(=O)C(=O)O)OCCOCCOCCOCCOCCOCCOCCOCCOCCOCCOCCCNC(=O)OCC1c2ccccc2-c2ccccc21. The highest BCUT2D eigenvalue weighted by Crippen LogP contribution is 2.44. The van der Waals surface area contributed by atoms with Gasteiger partial charge in [-0.15, -0.1) is 0 Å². The largest absolute Gasteiger partial charge is 0.476 e. The van der Waals surface area contributed by atoms with Crippen LogP contribution in [0.25, 0.3) is 11.1 Å². The lowest BCUT2D eigenvalue weighted by Gasteiger charge is -2.14. The molecule has 1 amide bonds. The number of carboxylic acid groups (broad SMARTS) is 1. The first-order chi connectivity index (χ1) is 30.0. The normalized spacial score (nSPS) is 11.9. The highest BCUT2D eigenvalue weighted by atomic mass is 16.6. The molecule has 2 aromatic rings. The van der Waals surface area contributed by atoms with Crippen molar-refractivity contribution in [3.63, 3.8) is 0 Å². The van der Waals surface area contributed by atoms with Gasteiger partial charge in [0.05, 0.1) is 132 Å². The van der Waals surface area contributed by atoms with Crippen LogP contribution < -0.4 is 5.32 Å². The third-order valence-corrected chi connectivity index (χ3v) is 8.71. The first-order valence-electron chi connectivity index (χ1n) is 20.8. The van der Waals surface area contributed by atoms with Gasteiger partial charge in [0.2, 0.25) is 5.78 Å². The van der Waals surface area contributed by atoms with E-state index in [0.717, 1.165) is 0 Å². The van der Waals surface area contributed by atoms with E-state index in [2.05, 4.69) is 29.6 Å². The summed E-state index contributed by atoms with van der Waals surface area (Å²) in [5, 5.41) is 11.3. The second-order valence-electron chi connectivity index (χ2n) is 13.2. The molecule has 0 unspecified atom stereocenters. The third-order valence-electron chi connectivity index (χ3n) is 8.71. The standard InChI is InChI=1S/C43H63NO17/c45-40(42(47)48)10-11-41(46)60-33-32-59-31-30-58-29-28-57-27-26-56-25-24-55-23-22-54-21-20-53-19-18-52-17-16-51-15-14-50-13-5-12-44-43(49)61-34-39-37-8-3-1-6-35(37)36-7-2-4-9-38(36)39/h1-4,6-9,39H,5,10-34H2,(H,44,49)(H,47,48). The van der Waals surface area contributed by atoms with Gasteiger partial charge in [-0.2, -0.15) is 0 Å². The van der Waals surface area contributed by atoms with Crippen LogP contribution in [0.3, 0.4) is 0 Å². The van der Waals surface area contributed by atoms with Crippen molar-refractivity contribution in [2.75, 3.05) is 152 Å². The van der Waals surface area contributed by atoms with Gasteiger partial charge in [0.1, 0.15) is 13.2 Å². The van der Waals surface area contributed by atoms with E-state index < -0.39 is 30.2 Å². The summed E-state index contributed by atoms with van der Waals surface area (Å²) in [6.45, 7) is 9.27. The molecule has 2 aromatic carbocycles. The molecule has 0 aromatic heterocycles. The molecule has 0 fully saturated rings. The maximum absolute atomic E-state index is 12.3. The van der Waals surface area contributed by atoms with Gasteiger partial charge in [0.15, 0.2) is 0 Å². The van der Waals surface area contributed by atoms with Crippen molar-refractivity contribution in [2.24, 2.45) is 0 Å². The van der Waals surface area contributed by atoms with Crippen LogP contribution >= 0.6 is 0 Å². The Morgan fingerprint density at radius 2 is 0.820 bits per heavy atom. The average Bonchev–Trinajstić information content (AvgIpc) is 3.59. The lowest BCUT2D eigenvalue weighted by Crippen LogP contribution is -2.27. The molecule has 0 radical (unpaired) electrons. The van der Waals surface area contributed by atoms with Gasteiger partial charge in [0, 0.05) is 25.5 Å². The summed E-state index contributed by atoms with van der Waals surface area (Å²) in [5.41, 5.74) is 4.77. The number of aliphatic carboxylic acids is 1. The minimum Gasteiger partial charge on any atom is -0.476 e. The molecule has 0 saturated carbocycles. The Hall–Kier alpha value is -4.08. The zero-order valence-corrected chi connectivity index (χ0v) is 35.1. The zero-order chi connectivity index (χ0) is 43.4. The Morgan fingerprint density at radius 1 is 0.459 bits per heavy atom. The second-order valence-corrected chi connectivity index (χ2v) is 13.2. The van der Waals surface area contributed by atoms with E-state index in [4.69, 9.17) is 61.9 Å². The highest BCUT2D eigenvalue weighted by Gasteiger charge is 2.29. The quantitative estimate of drug-likeness (QED) is 0.0560. The van der Waals surface area contributed by atoms with E-state index >= 15 is 0 Å². The first-order valence-corrected chi connectivity index (χ1v) is 20.8. The molecule has 18 heteroatoms. The number of hydrogen-bond acceptors (Lipinski definition) is 16. The van der Waals surface area contributed by atoms with Crippen LogP contribution in [0.4, 0.5) is 4.79 Å². The highest BCUT2D eigenvalue weighted by molar-refractivity contribution is 6.32. The molecular weight excluding hydrogens is 802 g/mol. The van der Waals surface area contributed by atoms with Crippen LogP contribution in [0.5, 0.6) is 0 Å². The summed E-state index contributed by atoms with van der Waals surface area (Å²) < 4.78 is 65.0. The van der Waals surface area contributed by atoms with E-state index in [-0.39, 0.29) is 25.6 Å². The van der Waals surface area contributed by atoms with Crippen molar-refractivity contribution in [1.82, 2.24) is 5.32 Å². The third kappa shape index (κ3) is 24.2. The number of Topliss-reactive ketones (excluding diaryl/α,β-unsaturated/α-hetero) is 1. The van der Waals surface area contributed by atoms with Crippen molar-refractivity contribution in [3.8, 4) is 11.1 Å². The van der Waals surface area contributed by atoms with Crippen molar-refractivity contribution in [2.45, 2.75) is 25.2 Å². The Morgan fingerprint density at radius 3 is 1.21 bits per heavy atom. The monoisotopic (exact) mass is 865 g/mol. The Balaban J connectivity index is 0.929. The lowest BCUT2D eigenvalue weighted by atomic mass is 9.98. The maximum atomic E-state index is 12.3. The number of ether oxygens (including phenoxy) is 12. The van der Waals surface area contributed by atoms with Crippen LogP contribution in [0.15, 0.2) is 48.5 Å². The summed E-state index contributed by atoms with van der Waals surface area (Å²) in [4.78, 5) is 45.0. The summed E-state index contributed by atoms with van der Waals surface area (Å²) in [7, 11) is 0. The van der Waals surface area contributed by atoms with E-state index in [9.17, 15) is 19.2 Å². The van der Waals surface area contributed by atoms with E-state index in [1.54, 1.807) is 0 Å². The molecule has 18 nitrogen and oxygen atoms in total. The van der Waals surface area contributed by atoms with E-state index in [0.29, 0.717) is 145 Å². The number of carboxylic acids is 1. The summed E-state index contributed by atoms with van der Waals surface area (Å²) in [6.07, 6.45) is -0.427. The fraction of sp³-hybridized carbons (Fsp3) is 0.628. The number of rotatable bonds is 40. The summed E-state index contributed by atoms with van der Waals surface area (Å²) >= 11 is 0. The molecule has 0 aliphatic heterocycles. The molecular formula is C43H63NO17. The summed E-state index contributed by atoms with van der Waals surface area (Å²) in [5.74, 6) is -3.21. The summed E-state index contributed by atoms with van der Waals surface area (Å²) in [6, 6.07) is 16.5. The minimum atomic E-state index is -1.57. The van der Waals surface area contributed by atoms with Crippen molar-refractivity contribution in [3.05, 3.63) is 59.7 Å². The average molecular weight is 866 g/mol. The zero-order valence-electron chi connectivity index (χ0n) is 35.1. The number of carbonyl (C=O) groups excluding carboxylic acids is 3. The van der Waals surface area contributed by atoms with Crippen LogP contribution in [0.1, 0.15) is 36.3 Å². The molecule has 342 valence electrons. The van der Waals surface area contributed by atoms with Crippen molar-refractivity contribution >= 4 is 23.8 Å². The van der Waals surface area contributed by atoms with Crippen LogP contribution in [-0.4, -0.2) is 181 Å². The van der Waals surface area contributed by atoms with Gasteiger partial charge in [-0.3, -0.25) is 9.59 Å². The minimum absolute atomic E-state index is 0.00733. The maximum Gasteiger partial charge on any atom is 0.407 e. The molecule has 0 heterocycles. The smallest absolute Gasteiger partial charge is 0.407 e. The Bertz CT molecular complexity index is 1450. The molecule has 61 heavy (non-hydrogen) atoms. The molecule has 0 saturated heterocycles. The van der Waals surface area contributed by atoms with Crippen molar-refractivity contribution < 1.29 is 81.1 Å². The molecule has 3 rings (SSSR count). The topological polar surface area (TPSA) is 211 Å². The number of ketones is 1. The predicted molar refractivity (Wildman–Crippen MR) is 219 cm³/mol. The van der Waals surface area contributed by atoms with Gasteiger partial charge in [-0.1, -0.05) is 48.5 Å². The second kappa shape index (κ2) is 34.5. The van der Waals surface area contributed by atoms with Crippen LogP contribution in [0, 0.1) is 0 Å². The fourth-order valence-electron chi connectivity index (χ4n) is 5.70. The predicted octanol–water partition coefficient (Wildman–Crippen LogP) is 3.06. The van der Waals surface area contributed by atoms with Gasteiger partial charge in [-0.05, 0) is 28.7 Å². The number of fused-ring (bicyclic) bond motifs is 3.